The van der Waals surface area contributed by atoms with Gasteiger partial charge in [-0.05, 0) is 18.6 Å². The Morgan fingerprint density at radius 3 is 2.76 bits per heavy atom. The second-order valence-electron chi connectivity index (χ2n) is 3.99. The van der Waals surface area contributed by atoms with Crippen LogP contribution >= 0.6 is 0 Å². The summed E-state index contributed by atoms with van der Waals surface area (Å²) in [6.45, 7) is 2.77. The predicted octanol–water partition coefficient (Wildman–Crippen LogP) is 2.05. The van der Waals surface area contributed by atoms with E-state index in [0.29, 0.717) is 12.3 Å². The summed E-state index contributed by atoms with van der Waals surface area (Å²) in [5.41, 5.74) is 7.34. The van der Waals surface area contributed by atoms with Gasteiger partial charge in [0, 0.05) is 7.05 Å². The molecule has 0 aliphatic rings. The molecule has 4 nitrogen and oxygen atoms in total. The number of nitrogens with two attached hydrogens (primary N) is 1. The molecular weight excluding hydrogens is 216 g/mol. The number of carbonyl (C=O) groups is 1. The summed E-state index contributed by atoms with van der Waals surface area (Å²) in [6, 6.07) is 7.46. The van der Waals surface area contributed by atoms with Crippen molar-refractivity contribution >= 4 is 17.3 Å². The van der Waals surface area contributed by atoms with Crippen molar-refractivity contribution in [1.82, 2.24) is 0 Å². The molecule has 0 radical (unpaired) electrons. The van der Waals surface area contributed by atoms with Crippen molar-refractivity contribution in [2.75, 3.05) is 30.8 Å². The molecule has 0 heterocycles. The summed E-state index contributed by atoms with van der Waals surface area (Å²) >= 11 is 0. The smallest absolute Gasteiger partial charge is 0.325 e. The average molecular weight is 236 g/mol. The van der Waals surface area contributed by atoms with Gasteiger partial charge < -0.3 is 15.4 Å². The number of ether oxygens (including phenoxy) is 1. The average Bonchev–Trinajstić information content (AvgIpc) is 2.29. The maximum atomic E-state index is 11.5. The van der Waals surface area contributed by atoms with Gasteiger partial charge in [-0.3, -0.25) is 4.79 Å². The molecule has 0 aromatic heterocycles. The molecule has 2 N–H and O–H groups in total. The summed E-state index contributed by atoms with van der Waals surface area (Å²) < 4.78 is 5.09. The SMILES string of the molecule is CCCCOC(=O)CN(C)c1ccccc1N. The quantitative estimate of drug-likeness (QED) is 0.466. The molecule has 0 saturated heterocycles. The van der Waals surface area contributed by atoms with Crippen LogP contribution in [0.3, 0.4) is 0 Å². The lowest BCUT2D eigenvalue weighted by Gasteiger charge is -2.19. The van der Waals surface area contributed by atoms with Crippen LogP contribution in [0.4, 0.5) is 11.4 Å². The van der Waals surface area contributed by atoms with E-state index in [2.05, 4.69) is 6.92 Å². The summed E-state index contributed by atoms with van der Waals surface area (Å²) in [5.74, 6) is -0.218. The minimum atomic E-state index is -0.218. The molecule has 0 bridgehead atoms. The molecule has 1 aromatic carbocycles. The van der Waals surface area contributed by atoms with Gasteiger partial charge in [-0.15, -0.1) is 0 Å². The lowest BCUT2D eigenvalue weighted by atomic mass is 10.2. The molecule has 0 spiro atoms. The Labute approximate surface area is 102 Å². The van der Waals surface area contributed by atoms with Crippen LogP contribution in [0.2, 0.25) is 0 Å². The number of hydrogen-bond acceptors (Lipinski definition) is 4. The van der Waals surface area contributed by atoms with Crippen molar-refractivity contribution in [3.8, 4) is 0 Å². The topological polar surface area (TPSA) is 55.6 Å². The second-order valence-corrected chi connectivity index (χ2v) is 3.99. The number of nitrogen functional groups attached to an aromatic ring is 1. The number of para-hydroxylation sites is 2. The molecule has 0 atom stereocenters. The van der Waals surface area contributed by atoms with Crippen molar-refractivity contribution in [3.63, 3.8) is 0 Å². The van der Waals surface area contributed by atoms with Gasteiger partial charge in [0.2, 0.25) is 0 Å². The molecule has 4 heteroatoms. The summed E-state index contributed by atoms with van der Waals surface area (Å²) in [6.07, 6.45) is 1.93. The van der Waals surface area contributed by atoms with E-state index < -0.39 is 0 Å². The monoisotopic (exact) mass is 236 g/mol. The second kappa shape index (κ2) is 6.78. The van der Waals surface area contributed by atoms with Gasteiger partial charge in [0.15, 0.2) is 0 Å². The fourth-order valence-electron chi connectivity index (χ4n) is 1.49. The van der Waals surface area contributed by atoms with E-state index in [1.54, 1.807) is 4.90 Å². The number of rotatable bonds is 6. The largest absolute Gasteiger partial charge is 0.464 e. The van der Waals surface area contributed by atoms with Gasteiger partial charge in [-0.2, -0.15) is 0 Å². The van der Waals surface area contributed by atoms with Crippen molar-refractivity contribution in [3.05, 3.63) is 24.3 Å². The van der Waals surface area contributed by atoms with Gasteiger partial charge >= 0.3 is 5.97 Å². The van der Waals surface area contributed by atoms with Gasteiger partial charge in [-0.25, -0.2) is 0 Å². The number of nitrogens with zero attached hydrogens (tertiary/aromatic N) is 1. The van der Waals surface area contributed by atoms with Gasteiger partial charge in [-0.1, -0.05) is 25.5 Å². The number of esters is 1. The fourth-order valence-corrected chi connectivity index (χ4v) is 1.49. The Kier molecular flexibility index (Phi) is 5.33. The molecule has 0 aliphatic carbocycles. The van der Waals surface area contributed by atoms with E-state index in [-0.39, 0.29) is 12.5 Å². The molecule has 0 amide bonds. The Morgan fingerprint density at radius 1 is 1.41 bits per heavy atom. The molecule has 0 unspecified atom stereocenters. The van der Waals surface area contributed by atoms with Gasteiger partial charge in [0.25, 0.3) is 0 Å². The zero-order valence-electron chi connectivity index (χ0n) is 10.5. The van der Waals surface area contributed by atoms with Crippen LogP contribution in [0, 0.1) is 0 Å². The van der Waals surface area contributed by atoms with E-state index in [1.165, 1.54) is 0 Å². The highest BCUT2D eigenvalue weighted by atomic mass is 16.5. The Morgan fingerprint density at radius 2 is 2.12 bits per heavy atom. The normalized spacial score (nSPS) is 10.0. The number of benzene rings is 1. The highest BCUT2D eigenvalue weighted by Crippen LogP contribution is 2.20. The molecule has 17 heavy (non-hydrogen) atoms. The summed E-state index contributed by atoms with van der Waals surface area (Å²) in [4.78, 5) is 13.3. The Balaban J connectivity index is 2.46. The predicted molar refractivity (Wildman–Crippen MR) is 70.0 cm³/mol. The van der Waals surface area contributed by atoms with Crippen LogP contribution in [0.5, 0.6) is 0 Å². The molecule has 0 aliphatic heterocycles. The minimum absolute atomic E-state index is 0.218. The highest BCUT2D eigenvalue weighted by molar-refractivity contribution is 5.78. The fraction of sp³-hybridized carbons (Fsp3) is 0.462. The van der Waals surface area contributed by atoms with Crippen molar-refractivity contribution in [1.29, 1.82) is 0 Å². The van der Waals surface area contributed by atoms with Crippen molar-refractivity contribution < 1.29 is 9.53 Å². The van der Waals surface area contributed by atoms with Gasteiger partial charge in [0.1, 0.15) is 6.54 Å². The molecule has 0 fully saturated rings. The summed E-state index contributed by atoms with van der Waals surface area (Å²) in [7, 11) is 1.83. The number of hydrogen-bond donors (Lipinski definition) is 1. The van der Waals surface area contributed by atoms with E-state index in [4.69, 9.17) is 10.5 Å². The molecule has 1 rings (SSSR count). The van der Waals surface area contributed by atoms with E-state index in [9.17, 15) is 4.79 Å². The molecule has 0 saturated carbocycles. The molecule has 94 valence electrons. The first kappa shape index (κ1) is 13.4. The summed E-state index contributed by atoms with van der Waals surface area (Å²) in [5, 5.41) is 0. The third kappa shape index (κ3) is 4.34. The van der Waals surface area contributed by atoms with Crippen LogP contribution in [-0.2, 0) is 9.53 Å². The minimum Gasteiger partial charge on any atom is -0.464 e. The first-order chi connectivity index (χ1) is 8.15. The van der Waals surface area contributed by atoms with E-state index in [1.807, 2.05) is 31.3 Å². The lowest BCUT2D eigenvalue weighted by Crippen LogP contribution is -2.27. The van der Waals surface area contributed by atoms with Crippen LogP contribution in [0.1, 0.15) is 19.8 Å². The van der Waals surface area contributed by atoms with E-state index in [0.717, 1.165) is 18.5 Å². The Bertz CT molecular complexity index is 366. The van der Waals surface area contributed by atoms with Crippen molar-refractivity contribution in [2.24, 2.45) is 0 Å². The van der Waals surface area contributed by atoms with Gasteiger partial charge in [0.05, 0.1) is 18.0 Å². The third-order valence-corrected chi connectivity index (χ3v) is 2.48. The van der Waals surface area contributed by atoms with Crippen LogP contribution in [0.25, 0.3) is 0 Å². The molecular formula is C13H20N2O2. The van der Waals surface area contributed by atoms with Crippen molar-refractivity contribution in [2.45, 2.75) is 19.8 Å². The standard InChI is InChI=1S/C13H20N2O2/c1-3-4-9-17-13(16)10-15(2)12-8-6-5-7-11(12)14/h5-8H,3-4,9-10,14H2,1-2H3. The number of anilines is 2. The van der Waals surface area contributed by atoms with E-state index >= 15 is 0 Å². The third-order valence-electron chi connectivity index (χ3n) is 2.48. The van der Waals surface area contributed by atoms with Crippen LogP contribution in [-0.4, -0.2) is 26.2 Å². The molecule has 1 aromatic rings. The van der Waals surface area contributed by atoms with Crippen LogP contribution in [0.15, 0.2) is 24.3 Å². The number of likely N-dealkylation sites (N-methyl/N-ethyl adjacent to an activating group) is 1. The maximum absolute atomic E-state index is 11.5. The zero-order valence-corrected chi connectivity index (χ0v) is 10.5. The number of unbranched alkanes of at least 4 members (excludes halogenated alkanes) is 1. The maximum Gasteiger partial charge on any atom is 0.325 e. The first-order valence-electron chi connectivity index (χ1n) is 5.86. The first-order valence-corrected chi connectivity index (χ1v) is 5.86. The lowest BCUT2D eigenvalue weighted by molar-refractivity contribution is -0.142. The Hall–Kier alpha value is -1.71. The number of carbonyl (C=O) groups excluding carboxylic acids is 1. The zero-order chi connectivity index (χ0) is 12.7. The van der Waals surface area contributed by atoms with Crippen LogP contribution < -0.4 is 10.6 Å². The highest BCUT2D eigenvalue weighted by Gasteiger charge is 2.10.